The van der Waals surface area contributed by atoms with Gasteiger partial charge in [-0.1, -0.05) is 18.6 Å². The number of piperidine rings is 2. The molecule has 2 bridgehead atoms. The summed E-state index contributed by atoms with van der Waals surface area (Å²) in [5.74, 6) is 0.370. The SMILES string of the molecule is O=C1CC2CCCC(C1)N2Cc1cccc([N+](=O)[O-])c1. The summed E-state index contributed by atoms with van der Waals surface area (Å²) >= 11 is 0. The van der Waals surface area contributed by atoms with Crippen molar-refractivity contribution in [1.82, 2.24) is 4.90 Å². The number of fused-ring (bicyclic) bond motifs is 2. The van der Waals surface area contributed by atoms with Gasteiger partial charge in [-0.05, 0) is 18.4 Å². The minimum Gasteiger partial charge on any atom is -0.300 e. The number of nitro groups is 1. The molecule has 1 aromatic rings. The molecule has 0 N–H and O–H groups in total. The predicted molar refractivity (Wildman–Crippen MR) is 74.3 cm³/mol. The minimum atomic E-state index is -0.357. The van der Waals surface area contributed by atoms with Crippen LogP contribution in [0, 0.1) is 10.1 Å². The van der Waals surface area contributed by atoms with E-state index in [1.54, 1.807) is 12.1 Å². The second-order valence-electron chi connectivity index (χ2n) is 5.78. The fourth-order valence-electron chi connectivity index (χ4n) is 3.50. The maximum atomic E-state index is 11.7. The van der Waals surface area contributed by atoms with Crippen LogP contribution in [-0.4, -0.2) is 27.7 Å². The molecule has 2 aliphatic rings. The Kier molecular flexibility index (Phi) is 3.53. The highest BCUT2D eigenvalue weighted by molar-refractivity contribution is 5.80. The van der Waals surface area contributed by atoms with Crippen molar-refractivity contribution < 1.29 is 9.72 Å². The van der Waals surface area contributed by atoms with Gasteiger partial charge in [0.2, 0.25) is 0 Å². The zero-order chi connectivity index (χ0) is 14.1. The molecule has 5 nitrogen and oxygen atoms in total. The van der Waals surface area contributed by atoms with Gasteiger partial charge in [-0.2, -0.15) is 0 Å². The summed E-state index contributed by atoms with van der Waals surface area (Å²) < 4.78 is 0. The zero-order valence-corrected chi connectivity index (χ0v) is 11.3. The van der Waals surface area contributed by atoms with Gasteiger partial charge in [0.25, 0.3) is 5.69 Å². The fourth-order valence-corrected chi connectivity index (χ4v) is 3.50. The van der Waals surface area contributed by atoms with Gasteiger partial charge in [-0.3, -0.25) is 19.8 Å². The van der Waals surface area contributed by atoms with Crippen LogP contribution in [0.2, 0.25) is 0 Å². The first-order valence-electron chi connectivity index (χ1n) is 7.14. The van der Waals surface area contributed by atoms with E-state index in [0.717, 1.165) is 18.4 Å². The van der Waals surface area contributed by atoms with Gasteiger partial charge in [0, 0.05) is 43.6 Å². The molecule has 0 spiro atoms. The largest absolute Gasteiger partial charge is 0.300 e. The quantitative estimate of drug-likeness (QED) is 0.628. The lowest BCUT2D eigenvalue weighted by molar-refractivity contribution is -0.384. The average Bonchev–Trinajstić information content (AvgIpc) is 2.40. The highest BCUT2D eigenvalue weighted by atomic mass is 16.6. The van der Waals surface area contributed by atoms with Crippen molar-refractivity contribution in [3.8, 4) is 0 Å². The molecule has 2 saturated heterocycles. The van der Waals surface area contributed by atoms with E-state index >= 15 is 0 Å². The Morgan fingerprint density at radius 2 is 1.95 bits per heavy atom. The second kappa shape index (κ2) is 5.32. The van der Waals surface area contributed by atoms with Gasteiger partial charge in [-0.25, -0.2) is 0 Å². The van der Waals surface area contributed by atoms with Crippen LogP contribution in [0.3, 0.4) is 0 Å². The summed E-state index contributed by atoms with van der Waals surface area (Å²) in [7, 11) is 0. The molecule has 0 aliphatic carbocycles. The summed E-state index contributed by atoms with van der Waals surface area (Å²) in [5, 5.41) is 10.8. The molecular formula is C15H18N2O3. The minimum absolute atomic E-state index is 0.140. The molecule has 2 unspecified atom stereocenters. The number of nitrogens with zero attached hydrogens (tertiary/aromatic N) is 2. The first-order chi connectivity index (χ1) is 9.63. The summed E-state index contributed by atoms with van der Waals surface area (Å²) in [6.45, 7) is 0.713. The van der Waals surface area contributed by atoms with E-state index in [1.807, 2.05) is 6.07 Å². The lowest BCUT2D eigenvalue weighted by Crippen LogP contribution is -2.51. The summed E-state index contributed by atoms with van der Waals surface area (Å²) in [4.78, 5) is 24.6. The van der Waals surface area contributed by atoms with Gasteiger partial charge >= 0.3 is 0 Å². The summed E-state index contributed by atoms with van der Waals surface area (Å²) in [6, 6.07) is 7.48. The Balaban J connectivity index is 1.78. The van der Waals surface area contributed by atoms with Crippen molar-refractivity contribution in [1.29, 1.82) is 0 Å². The van der Waals surface area contributed by atoms with E-state index in [1.165, 1.54) is 12.5 Å². The van der Waals surface area contributed by atoms with E-state index in [0.29, 0.717) is 37.3 Å². The van der Waals surface area contributed by atoms with Crippen LogP contribution in [0.1, 0.15) is 37.7 Å². The van der Waals surface area contributed by atoms with E-state index in [4.69, 9.17) is 0 Å². The number of nitro benzene ring substituents is 1. The van der Waals surface area contributed by atoms with Crippen LogP contribution in [0.5, 0.6) is 0 Å². The number of hydrogen-bond acceptors (Lipinski definition) is 4. The molecule has 2 fully saturated rings. The molecule has 1 aromatic carbocycles. The van der Waals surface area contributed by atoms with Crippen molar-refractivity contribution >= 4 is 11.5 Å². The number of rotatable bonds is 3. The molecule has 2 aliphatic heterocycles. The van der Waals surface area contributed by atoms with Gasteiger partial charge in [-0.15, -0.1) is 0 Å². The molecule has 5 heteroatoms. The lowest BCUT2D eigenvalue weighted by atomic mass is 9.83. The Bertz CT molecular complexity index is 528. The number of hydrogen-bond donors (Lipinski definition) is 0. The predicted octanol–water partition coefficient (Wildman–Crippen LogP) is 2.68. The monoisotopic (exact) mass is 274 g/mol. The van der Waals surface area contributed by atoms with Crippen molar-refractivity contribution in [3.05, 3.63) is 39.9 Å². The summed E-state index contributed by atoms with van der Waals surface area (Å²) in [5.41, 5.74) is 1.10. The third kappa shape index (κ3) is 2.58. The van der Waals surface area contributed by atoms with Crippen molar-refractivity contribution in [2.24, 2.45) is 0 Å². The molecule has 0 amide bonds. The normalized spacial score (nSPS) is 26.5. The molecule has 2 atom stereocenters. The Labute approximate surface area is 117 Å². The highest BCUT2D eigenvalue weighted by Crippen LogP contribution is 2.33. The van der Waals surface area contributed by atoms with Crippen LogP contribution in [0.4, 0.5) is 5.69 Å². The Hall–Kier alpha value is -1.75. The molecular weight excluding hydrogens is 256 g/mol. The van der Waals surface area contributed by atoms with E-state index in [-0.39, 0.29) is 10.6 Å². The van der Waals surface area contributed by atoms with Crippen molar-refractivity contribution in [2.75, 3.05) is 0 Å². The standard InChI is InChI=1S/C15H18N2O3/c18-15-8-12-4-2-5-13(9-15)16(12)10-11-3-1-6-14(7-11)17(19)20/h1,3,6-7,12-13H,2,4-5,8-10H2. The molecule has 20 heavy (non-hydrogen) atoms. The number of Topliss-reactive ketones (excluding diaryl/α,β-unsaturated/α-hetero) is 1. The van der Waals surface area contributed by atoms with Gasteiger partial charge in [0.15, 0.2) is 0 Å². The van der Waals surface area contributed by atoms with Crippen molar-refractivity contribution in [2.45, 2.75) is 50.7 Å². The van der Waals surface area contributed by atoms with Gasteiger partial charge in [0.1, 0.15) is 5.78 Å². The molecule has 2 heterocycles. The van der Waals surface area contributed by atoms with Crippen LogP contribution in [0.15, 0.2) is 24.3 Å². The number of ketones is 1. The number of non-ortho nitro benzene ring substituents is 1. The number of carbonyl (C=O) groups is 1. The first kappa shape index (κ1) is 13.2. The van der Waals surface area contributed by atoms with Gasteiger partial charge < -0.3 is 0 Å². The third-order valence-electron chi connectivity index (χ3n) is 4.43. The van der Waals surface area contributed by atoms with Gasteiger partial charge in [0.05, 0.1) is 4.92 Å². The fraction of sp³-hybridized carbons (Fsp3) is 0.533. The maximum Gasteiger partial charge on any atom is 0.269 e. The third-order valence-corrected chi connectivity index (χ3v) is 4.43. The van der Waals surface area contributed by atoms with E-state index in [2.05, 4.69) is 4.90 Å². The van der Waals surface area contributed by atoms with Crippen LogP contribution >= 0.6 is 0 Å². The molecule has 0 radical (unpaired) electrons. The van der Waals surface area contributed by atoms with E-state index < -0.39 is 0 Å². The maximum absolute atomic E-state index is 11.7. The first-order valence-corrected chi connectivity index (χ1v) is 7.14. The Morgan fingerprint density at radius 1 is 1.25 bits per heavy atom. The Morgan fingerprint density at radius 3 is 2.60 bits per heavy atom. The molecule has 106 valence electrons. The smallest absolute Gasteiger partial charge is 0.269 e. The molecule has 3 rings (SSSR count). The van der Waals surface area contributed by atoms with Crippen LogP contribution in [0.25, 0.3) is 0 Å². The number of benzene rings is 1. The number of carbonyl (C=O) groups excluding carboxylic acids is 1. The van der Waals surface area contributed by atoms with Crippen LogP contribution in [-0.2, 0) is 11.3 Å². The highest BCUT2D eigenvalue weighted by Gasteiger charge is 2.37. The molecule has 0 aromatic heterocycles. The topological polar surface area (TPSA) is 63.5 Å². The average molecular weight is 274 g/mol. The summed E-state index contributed by atoms with van der Waals surface area (Å²) in [6.07, 6.45) is 4.61. The van der Waals surface area contributed by atoms with E-state index in [9.17, 15) is 14.9 Å². The lowest BCUT2D eigenvalue weighted by Gasteiger charge is -2.45. The second-order valence-corrected chi connectivity index (χ2v) is 5.78. The zero-order valence-electron chi connectivity index (χ0n) is 11.3. The van der Waals surface area contributed by atoms with Crippen molar-refractivity contribution in [3.63, 3.8) is 0 Å². The molecule has 0 saturated carbocycles. The van der Waals surface area contributed by atoms with Crippen LogP contribution < -0.4 is 0 Å².